The SMILES string of the molecule is CCNC(=O)c1cc(N2CCC(O)C2)ccn1. The Bertz CT molecular complexity index is 408. The van der Waals surface area contributed by atoms with E-state index in [0.717, 1.165) is 18.7 Å². The van der Waals surface area contributed by atoms with Crippen molar-refractivity contribution in [2.75, 3.05) is 24.5 Å². The van der Waals surface area contributed by atoms with Crippen LogP contribution in [-0.4, -0.2) is 41.7 Å². The fourth-order valence-electron chi connectivity index (χ4n) is 1.97. The maximum absolute atomic E-state index is 11.6. The van der Waals surface area contributed by atoms with Crippen LogP contribution in [0.5, 0.6) is 0 Å². The number of aromatic nitrogens is 1. The van der Waals surface area contributed by atoms with Gasteiger partial charge in [0.15, 0.2) is 0 Å². The zero-order valence-electron chi connectivity index (χ0n) is 9.89. The Kier molecular flexibility index (Phi) is 3.58. The minimum atomic E-state index is -0.268. The first-order chi connectivity index (χ1) is 8.20. The quantitative estimate of drug-likeness (QED) is 0.796. The molecule has 2 rings (SSSR count). The van der Waals surface area contributed by atoms with Crippen LogP contribution in [0.25, 0.3) is 0 Å². The van der Waals surface area contributed by atoms with E-state index in [1.54, 1.807) is 12.3 Å². The largest absolute Gasteiger partial charge is 0.391 e. The molecular formula is C12H17N3O2. The van der Waals surface area contributed by atoms with Gasteiger partial charge >= 0.3 is 0 Å². The fourth-order valence-corrected chi connectivity index (χ4v) is 1.97. The first-order valence-corrected chi connectivity index (χ1v) is 5.88. The van der Waals surface area contributed by atoms with Gasteiger partial charge in [-0.25, -0.2) is 0 Å². The van der Waals surface area contributed by atoms with Crippen LogP contribution >= 0.6 is 0 Å². The van der Waals surface area contributed by atoms with Crippen LogP contribution in [0.2, 0.25) is 0 Å². The molecule has 5 heteroatoms. The highest BCUT2D eigenvalue weighted by Crippen LogP contribution is 2.20. The van der Waals surface area contributed by atoms with E-state index < -0.39 is 0 Å². The molecule has 1 aromatic heterocycles. The molecule has 1 aliphatic heterocycles. The van der Waals surface area contributed by atoms with Crippen molar-refractivity contribution in [3.8, 4) is 0 Å². The Morgan fingerprint density at radius 3 is 3.18 bits per heavy atom. The standard InChI is InChI=1S/C12H17N3O2/c1-2-13-12(17)11-7-9(3-5-14-11)15-6-4-10(16)8-15/h3,5,7,10,16H,2,4,6,8H2,1H3,(H,13,17). The summed E-state index contributed by atoms with van der Waals surface area (Å²) in [5.41, 5.74) is 1.36. The molecule has 0 saturated carbocycles. The van der Waals surface area contributed by atoms with Gasteiger partial charge in [0.05, 0.1) is 6.10 Å². The van der Waals surface area contributed by atoms with Crippen molar-refractivity contribution in [1.82, 2.24) is 10.3 Å². The molecule has 2 heterocycles. The third kappa shape index (κ3) is 2.74. The molecule has 0 spiro atoms. The van der Waals surface area contributed by atoms with Gasteiger partial charge < -0.3 is 15.3 Å². The maximum atomic E-state index is 11.6. The van der Waals surface area contributed by atoms with E-state index in [1.165, 1.54) is 0 Å². The fraction of sp³-hybridized carbons (Fsp3) is 0.500. The second-order valence-electron chi connectivity index (χ2n) is 4.15. The molecule has 17 heavy (non-hydrogen) atoms. The van der Waals surface area contributed by atoms with Crippen LogP contribution in [-0.2, 0) is 0 Å². The Morgan fingerprint density at radius 1 is 1.71 bits per heavy atom. The number of carbonyl (C=O) groups excluding carboxylic acids is 1. The summed E-state index contributed by atoms with van der Waals surface area (Å²) in [6.45, 7) is 3.91. The van der Waals surface area contributed by atoms with E-state index in [9.17, 15) is 9.90 Å². The van der Waals surface area contributed by atoms with Crippen molar-refractivity contribution < 1.29 is 9.90 Å². The Morgan fingerprint density at radius 2 is 2.53 bits per heavy atom. The summed E-state index contributed by atoms with van der Waals surface area (Å²) in [4.78, 5) is 17.7. The van der Waals surface area contributed by atoms with E-state index in [2.05, 4.69) is 15.2 Å². The average Bonchev–Trinajstić information content (AvgIpc) is 2.76. The minimum absolute atomic E-state index is 0.158. The van der Waals surface area contributed by atoms with Gasteiger partial charge in [-0.1, -0.05) is 0 Å². The van der Waals surface area contributed by atoms with Gasteiger partial charge in [0.1, 0.15) is 5.69 Å². The lowest BCUT2D eigenvalue weighted by molar-refractivity contribution is 0.0951. The van der Waals surface area contributed by atoms with E-state index in [4.69, 9.17) is 0 Å². The molecule has 5 nitrogen and oxygen atoms in total. The summed E-state index contributed by atoms with van der Waals surface area (Å²) in [6.07, 6.45) is 2.14. The number of hydrogen-bond acceptors (Lipinski definition) is 4. The second-order valence-corrected chi connectivity index (χ2v) is 4.15. The van der Waals surface area contributed by atoms with Crippen molar-refractivity contribution in [2.24, 2.45) is 0 Å². The lowest BCUT2D eigenvalue weighted by atomic mass is 10.3. The molecular weight excluding hydrogens is 218 g/mol. The summed E-state index contributed by atoms with van der Waals surface area (Å²) in [7, 11) is 0. The van der Waals surface area contributed by atoms with E-state index in [0.29, 0.717) is 18.8 Å². The molecule has 0 bridgehead atoms. The number of aliphatic hydroxyl groups is 1. The second kappa shape index (κ2) is 5.14. The number of β-amino-alcohol motifs (C(OH)–C–C–N with tert-alkyl or cyclic N) is 1. The van der Waals surface area contributed by atoms with Crippen molar-refractivity contribution >= 4 is 11.6 Å². The van der Waals surface area contributed by atoms with Gasteiger partial charge in [-0.05, 0) is 25.5 Å². The predicted molar refractivity (Wildman–Crippen MR) is 65.1 cm³/mol. The number of carbonyl (C=O) groups is 1. The van der Waals surface area contributed by atoms with Crippen LogP contribution in [0.1, 0.15) is 23.8 Å². The van der Waals surface area contributed by atoms with E-state index >= 15 is 0 Å². The zero-order valence-corrected chi connectivity index (χ0v) is 9.89. The minimum Gasteiger partial charge on any atom is -0.391 e. The Balaban J connectivity index is 2.14. The third-order valence-electron chi connectivity index (χ3n) is 2.84. The van der Waals surface area contributed by atoms with Crippen molar-refractivity contribution in [3.05, 3.63) is 24.0 Å². The summed E-state index contributed by atoms with van der Waals surface area (Å²) >= 11 is 0. The van der Waals surface area contributed by atoms with Gasteiger partial charge in [-0.3, -0.25) is 9.78 Å². The smallest absolute Gasteiger partial charge is 0.269 e. The van der Waals surface area contributed by atoms with Gasteiger partial charge in [-0.2, -0.15) is 0 Å². The van der Waals surface area contributed by atoms with Crippen molar-refractivity contribution in [1.29, 1.82) is 0 Å². The topological polar surface area (TPSA) is 65.5 Å². The number of rotatable bonds is 3. The lowest BCUT2D eigenvalue weighted by Crippen LogP contribution is -2.25. The number of aliphatic hydroxyl groups excluding tert-OH is 1. The summed E-state index contributed by atoms with van der Waals surface area (Å²) in [5.74, 6) is -0.158. The summed E-state index contributed by atoms with van der Waals surface area (Å²) < 4.78 is 0. The predicted octanol–water partition coefficient (Wildman–Crippen LogP) is 0.402. The highest BCUT2D eigenvalue weighted by Gasteiger charge is 2.21. The van der Waals surface area contributed by atoms with Gasteiger partial charge in [-0.15, -0.1) is 0 Å². The number of anilines is 1. The third-order valence-corrected chi connectivity index (χ3v) is 2.84. The average molecular weight is 235 g/mol. The Labute approximate surface area is 100 Å². The number of nitrogens with one attached hydrogen (secondary N) is 1. The number of nitrogens with zero attached hydrogens (tertiary/aromatic N) is 2. The highest BCUT2D eigenvalue weighted by atomic mass is 16.3. The number of amides is 1. The Hall–Kier alpha value is -1.62. The molecule has 1 aliphatic rings. The van der Waals surface area contributed by atoms with E-state index in [-0.39, 0.29) is 12.0 Å². The molecule has 1 fully saturated rings. The number of hydrogen-bond donors (Lipinski definition) is 2. The van der Waals surface area contributed by atoms with Gasteiger partial charge in [0, 0.05) is 31.5 Å². The molecule has 1 aromatic rings. The van der Waals surface area contributed by atoms with Crippen LogP contribution in [0.4, 0.5) is 5.69 Å². The molecule has 0 aromatic carbocycles. The van der Waals surface area contributed by atoms with Gasteiger partial charge in [0.25, 0.3) is 5.91 Å². The molecule has 1 saturated heterocycles. The maximum Gasteiger partial charge on any atom is 0.269 e. The lowest BCUT2D eigenvalue weighted by Gasteiger charge is -2.18. The molecule has 0 aliphatic carbocycles. The van der Waals surface area contributed by atoms with E-state index in [1.807, 2.05) is 13.0 Å². The van der Waals surface area contributed by atoms with Crippen LogP contribution < -0.4 is 10.2 Å². The molecule has 1 atom stereocenters. The summed E-state index contributed by atoms with van der Waals surface area (Å²) in [6, 6.07) is 3.63. The van der Waals surface area contributed by atoms with Crippen LogP contribution in [0.3, 0.4) is 0 Å². The summed E-state index contributed by atoms with van der Waals surface area (Å²) in [5, 5.41) is 12.2. The highest BCUT2D eigenvalue weighted by molar-refractivity contribution is 5.93. The molecule has 1 amide bonds. The van der Waals surface area contributed by atoms with Crippen LogP contribution in [0, 0.1) is 0 Å². The number of pyridine rings is 1. The van der Waals surface area contributed by atoms with Gasteiger partial charge in [0.2, 0.25) is 0 Å². The molecule has 2 N–H and O–H groups in total. The first kappa shape index (κ1) is 11.9. The van der Waals surface area contributed by atoms with Crippen molar-refractivity contribution in [2.45, 2.75) is 19.4 Å². The molecule has 0 radical (unpaired) electrons. The molecule has 92 valence electrons. The van der Waals surface area contributed by atoms with Crippen molar-refractivity contribution in [3.63, 3.8) is 0 Å². The zero-order chi connectivity index (χ0) is 12.3. The van der Waals surface area contributed by atoms with Crippen LogP contribution in [0.15, 0.2) is 18.3 Å². The first-order valence-electron chi connectivity index (χ1n) is 5.88. The normalized spacial score (nSPS) is 19.4. The monoisotopic (exact) mass is 235 g/mol. The molecule has 1 unspecified atom stereocenters.